The predicted molar refractivity (Wildman–Crippen MR) is 126 cm³/mol. The number of anilines is 1. The molecule has 0 saturated carbocycles. The molecule has 0 unspecified atom stereocenters. The minimum absolute atomic E-state index is 0.0396. The zero-order valence-electron chi connectivity index (χ0n) is 18.8. The first-order chi connectivity index (χ1) is 15.3. The third-order valence-electron chi connectivity index (χ3n) is 5.18. The number of hydrogen-bond donors (Lipinski definition) is 1. The topological polar surface area (TPSA) is 80.6 Å². The molecule has 3 aromatic rings. The van der Waals surface area contributed by atoms with E-state index in [1.165, 1.54) is 10.4 Å². The van der Waals surface area contributed by atoms with Gasteiger partial charge in [-0.2, -0.15) is 4.31 Å². The molecule has 32 heavy (non-hydrogen) atoms. The van der Waals surface area contributed by atoms with Crippen molar-refractivity contribution >= 4 is 21.6 Å². The molecule has 0 aliphatic rings. The first-order valence-electron chi connectivity index (χ1n) is 10.6. The summed E-state index contributed by atoms with van der Waals surface area (Å²) in [5.74, 6) is -0.0589. The Labute approximate surface area is 189 Å². The van der Waals surface area contributed by atoms with Crippen LogP contribution < -0.4 is 10.1 Å². The van der Waals surface area contributed by atoms with E-state index in [0.717, 1.165) is 11.3 Å². The molecule has 0 bridgehead atoms. The SMILES string of the molecule is CCOc1ccc(NC(=O)c2ccc(C)c(-n3cccc3)c2)cc1S(=O)(=O)N(CC)CC. The third-order valence-corrected chi connectivity index (χ3v) is 7.25. The van der Waals surface area contributed by atoms with Crippen molar-refractivity contribution in [2.24, 2.45) is 0 Å². The van der Waals surface area contributed by atoms with Gasteiger partial charge in [0.1, 0.15) is 10.6 Å². The van der Waals surface area contributed by atoms with E-state index >= 15 is 0 Å². The number of rotatable bonds is 9. The van der Waals surface area contributed by atoms with Crippen LogP contribution in [0.25, 0.3) is 5.69 Å². The maximum absolute atomic E-state index is 13.1. The second-order valence-corrected chi connectivity index (χ2v) is 9.14. The van der Waals surface area contributed by atoms with E-state index in [-0.39, 0.29) is 16.6 Å². The number of nitrogens with one attached hydrogen (secondary N) is 1. The predicted octanol–water partition coefficient (Wildman–Crippen LogP) is 4.47. The van der Waals surface area contributed by atoms with Gasteiger partial charge in [0.25, 0.3) is 5.91 Å². The normalized spacial score (nSPS) is 11.5. The smallest absolute Gasteiger partial charge is 0.255 e. The zero-order chi connectivity index (χ0) is 23.3. The minimum atomic E-state index is -3.77. The molecule has 1 N–H and O–H groups in total. The van der Waals surface area contributed by atoms with Crippen molar-refractivity contribution in [3.05, 3.63) is 72.1 Å². The van der Waals surface area contributed by atoms with Crippen molar-refractivity contribution < 1.29 is 17.9 Å². The van der Waals surface area contributed by atoms with Crippen LogP contribution in [0.2, 0.25) is 0 Å². The van der Waals surface area contributed by atoms with Gasteiger partial charge in [-0.25, -0.2) is 8.42 Å². The van der Waals surface area contributed by atoms with Crippen LogP contribution in [0.15, 0.2) is 65.8 Å². The summed E-state index contributed by atoms with van der Waals surface area (Å²) in [6.45, 7) is 8.35. The fraction of sp³-hybridized carbons (Fsp3) is 0.292. The van der Waals surface area contributed by atoms with Crippen molar-refractivity contribution in [3.63, 3.8) is 0 Å². The van der Waals surface area contributed by atoms with E-state index < -0.39 is 10.0 Å². The highest BCUT2D eigenvalue weighted by molar-refractivity contribution is 7.89. The fourth-order valence-corrected chi connectivity index (χ4v) is 5.11. The largest absolute Gasteiger partial charge is 0.492 e. The molecule has 0 radical (unpaired) electrons. The number of ether oxygens (including phenoxy) is 1. The van der Waals surface area contributed by atoms with Crippen LogP contribution in [0.1, 0.15) is 36.7 Å². The van der Waals surface area contributed by atoms with E-state index in [0.29, 0.717) is 30.9 Å². The number of carbonyl (C=O) groups excluding carboxylic acids is 1. The van der Waals surface area contributed by atoms with Crippen LogP contribution in [-0.4, -0.2) is 42.9 Å². The summed E-state index contributed by atoms with van der Waals surface area (Å²) in [4.78, 5) is 13.0. The van der Waals surface area contributed by atoms with Gasteiger partial charge in [0.05, 0.1) is 6.61 Å². The van der Waals surface area contributed by atoms with Crippen molar-refractivity contribution in [1.29, 1.82) is 0 Å². The highest BCUT2D eigenvalue weighted by atomic mass is 32.2. The van der Waals surface area contributed by atoms with Gasteiger partial charge in [-0.3, -0.25) is 4.79 Å². The number of aryl methyl sites for hydroxylation is 1. The first-order valence-corrected chi connectivity index (χ1v) is 12.1. The fourth-order valence-electron chi connectivity index (χ4n) is 3.49. The van der Waals surface area contributed by atoms with Crippen LogP contribution >= 0.6 is 0 Å². The molecule has 0 spiro atoms. The molecule has 3 rings (SSSR count). The molecule has 8 heteroatoms. The number of nitrogens with zero attached hydrogens (tertiary/aromatic N) is 2. The molecule has 1 aromatic heterocycles. The Kier molecular flexibility index (Phi) is 7.37. The maximum Gasteiger partial charge on any atom is 0.255 e. The summed E-state index contributed by atoms with van der Waals surface area (Å²) in [5, 5.41) is 2.82. The summed E-state index contributed by atoms with van der Waals surface area (Å²) in [7, 11) is -3.77. The number of sulfonamides is 1. The zero-order valence-corrected chi connectivity index (χ0v) is 19.6. The Balaban J connectivity index is 1.94. The average molecular weight is 456 g/mol. The number of amides is 1. The molecular formula is C24H29N3O4S. The molecule has 0 aliphatic carbocycles. The quantitative estimate of drug-likeness (QED) is 0.516. The lowest BCUT2D eigenvalue weighted by Gasteiger charge is -2.21. The van der Waals surface area contributed by atoms with E-state index in [9.17, 15) is 13.2 Å². The molecule has 7 nitrogen and oxygen atoms in total. The standard InChI is InChI=1S/C24H29N3O4S/c1-5-27(6-2)32(29,30)23-17-20(12-13-22(23)31-7-3)25-24(28)19-11-10-18(4)21(16-19)26-14-8-9-15-26/h8-17H,5-7H2,1-4H3,(H,25,28). The minimum Gasteiger partial charge on any atom is -0.492 e. The van der Waals surface area contributed by atoms with Crippen molar-refractivity contribution in [3.8, 4) is 11.4 Å². The van der Waals surface area contributed by atoms with Gasteiger partial charge < -0.3 is 14.6 Å². The van der Waals surface area contributed by atoms with Crippen molar-refractivity contribution in [2.45, 2.75) is 32.6 Å². The van der Waals surface area contributed by atoms with Crippen molar-refractivity contribution in [2.75, 3.05) is 25.0 Å². The van der Waals surface area contributed by atoms with Gasteiger partial charge in [-0.1, -0.05) is 19.9 Å². The molecule has 170 valence electrons. The van der Waals surface area contributed by atoms with Crippen LogP contribution in [0.4, 0.5) is 5.69 Å². The number of benzene rings is 2. The van der Waals surface area contributed by atoms with Gasteiger partial charge in [0.15, 0.2) is 0 Å². The van der Waals surface area contributed by atoms with Gasteiger partial charge in [-0.15, -0.1) is 0 Å². The Bertz CT molecular complexity index is 1180. The lowest BCUT2D eigenvalue weighted by Crippen LogP contribution is -2.31. The molecule has 1 heterocycles. The molecule has 1 amide bonds. The molecule has 0 saturated heterocycles. The van der Waals surface area contributed by atoms with Crippen LogP contribution in [0, 0.1) is 6.92 Å². The summed E-state index contributed by atoms with van der Waals surface area (Å²) in [6, 6.07) is 14.0. The molecule has 0 aliphatic heterocycles. The average Bonchev–Trinajstić information content (AvgIpc) is 3.30. The summed E-state index contributed by atoms with van der Waals surface area (Å²) in [5.41, 5.74) is 2.79. The first kappa shape index (κ1) is 23.6. The van der Waals surface area contributed by atoms with E-state index in [1.807, 2.05) is 48.1 Å². The highest BCUT2D eigenvalue weighted by Crippen LogP contribution is 2.30. The number of hydrogen-bond acceptors (Lipinski definition) is 4. The Hall–Kier alpha value is -3.10. The van der Waals surface area contributed by atoms with Gasteiger partial charge in [0, 0.05) is 42.4 Å². The monoisotopic (exact) mass is 455 g/mol. The lowest BCUT2D eigenvalue weighted by molar-refractivity contribution is 0.102. The van der Waals surface area contributed by atoms with E-state index in [1.54, 1.807) is 39.0 Å². The van der Waals surface area contributed by atoms with Crippen molar-refractivity contribution in [1.82, 2.24) is 8.87 Å². The third kappa shape index (κ3) is 4.87. The molecule has 2 aromatic carbocycles. The summed E-state index contributed by atoms with van der Waals surface area (Å²) in [6.07, 6.45) is 3.83. The van der Waals surface area contributed by atoms with E-state index in [4.69, 9.17) is 4.74 Å². The highest BCUT2D eigenvalue weighted by Gasteiger charge is 2.26. The Morgan fingerprint density at radius 1 is 1.03 bits per heavy atom. The molecule has 0 atom stereocenters. The van der Waals surface area contributed by atoms with Crippen LogP contribution in [0.3, 0.4) is 0 Å². The molecular weight excluding hydrogens is 426 g/mol. The van der Waals surface area contributed by atoms with E-state index in [2.05, 4.69) is 5.32 Å². The Morgan fingerprint density at radius 2 is 1.72 bits per heavy atom. The second-order valence-electron chi connectivity index (χ2n) is 7.23. The van der Waals surface area contributed by atoms with Gasteiger partial charge >= 0.3 is 0 Å². The van der Waals surface area contributed by atoms with Gasteiger partial charge in [-0.05, 0) is 61.9 Å². The number of aromatic nitrogens is 1. The van der Waals surface area contributed by atoms with Crippen LogP contribution in [-0.2, 0) is 10.0 Å². The second kappa shape index (κ2) is 10.0. The summed E-state index contributed by atoms with van der Waals surface area (Å²) >= 11 is 0. The Morgan fingerprint density at radius 3 is 2.34 bits per heavy atom. The lowest BCUT2D eigenvalue weighted by atomic mass is 10.1. The van der Waals surface area contributed by atoms with Crippen LogP contribution in [0.5, 0.6) is 5.75 Å². The maximum atomic E-state index is 13.1. The van der Waals surface area contributed by atoms with Gasteiger partial charge in [0.2, 0.25) is 10.0 Å². The summed E-state index contributed by atoms with van der Waals surface area (Å²) < 4.78 is 35.1. The molecule has 0 fully saturated rings. The number of carbonyl (C=O) groups is 1.